The molecule has 2 N–H and O–H groups in total. The zero-order chi connectivity index (χ0) is 23.2. The summed E-state index contributed by atoms with van der Waals surface area (Å²) in [4.78, 5) is 20.6. The number of aromatic nitrogens is 2. The number of carbonyl (C=O) groups excluding carboxylic acids is 1. The van der Waals surface area contributed by atoms with Crippen LogP contribution in [0.1, 0.15) is 47.6 Å². The van der Waals surface area contributed by atoms with Crippen molar-refractivity contribution in [2.24, 2.45) is 0 Å². The standard InChI is InChI=1S/C26H28FN5OS/c1-31-11-3-4-18(14-31)29-25(33)17-7-9-23-24(13-17)34-26-30-22(15-32(23)26)19-8-6-16(12-20(19)27)21-5-2-10-28-21/h6-9,12-13,15,18,21,28H,2-5,10-11,14H2,1H3,(H,29,33)/t18-,21?/m0/s1. The largest absolute Gasteiger partial charge is 0.348 e. The quantitative estimate of drug-likeness (QED) is 0.451. The number of amides is 1. The summed E-state index contributed by atoms with van der Waals surface area (Å²) >= 11 is 1.52. The van der Waals surface area contributed by atoms with Gasteiger partial charge in [0.2, 0.25) is 0 Å². The van der Waals surface area contributed by atoms with Crippen LogP contribution in [0.25, 0.3) is 26.4 Å². The van der Waals surface area contributed by atoms with Crippen LogP contribution in [0.5, 0.6) is 0 Å². The highest BCUT2D eigenvalue weighted by atomic mass is 32.1. The fourth-order valence-corrected chi connectivity index (χ4v) is 6.30. The second kappa shape index (κ2) is 8.76. The number of benzene rings is 2. The molecule has 2 aliphatic heterocycles. The summed E-state index contributed by atoms with van der Waals surface area (Å²) in [5.41, 5.74) is 3.77. The Morgan fingerprint density at radius 1 is 1.21 bits per heavy atom. The van der Waals surface area contributed by atoms with E-state index in [2.05, 4.69) is 22.6 Å². The highest BCUT2D eigenvalue weighted by molar-refractivity contribution is 7.23. The topological polar surface area (TPSA) is 61.7 Å². The van der Waals surface area contributed by atoms with Gasteiger partial charge in [-0.15, -0.1) is 0 Å². The van der Waals surface area contributed by atoms with Gasteiger partial charge in [0, 0.05) is 36.0 Å². The molecule has 4 heterocycles. The number of likely N-dealkylation sites (tertiary alicyclic amines) is 1. The third kappa shape index (κ3) is 4.00. The minimum atomic E-state index is -0.242. The molecule has 4 aromatic rings. The maximum absolute atomic E-state index is 15.0. The zero-order valence-electron chi connectivity index (χ0n) is 19.2. The van der Waals surface area contributed by atoms with Crippen molar-refractivity contribution in [3.05, 3.63) is 59.5 Å². The van der Waals surface area contributed by atoms with Crippen molar-refractivity contribution in [1.82, 2.24) is 24.9 Å². The first-order valence-electron chi connectivity index (χ1n) is 12.0. The number of nitrogens with zero attached hydrogens (tertiary/aromatic N) is 3. The summed E-state index contributed by atoms with van der Waals surface area (Å²) < 4.78 is 18.0. The SMILES string of the molecule is CN1CCC[C@H](NC(=O)c2ccc3c(c2)sc2nc(-c4ccc(C5CCCN5)cc4F)cn23)C1. The van der Waals surface area contributed by atoms with Crippen LogP contribution in [0, 0.1) is 5.82 Å². The van der Waals surface area contributed by atoms with Gasteiger partial charge in [-0.3, -0.25) is 9.20 Å². The molecule has 1 unspecified atom stereocenters. The fourth-order valence-electron chi connectivity index (χ4n) is 5.25. The van der Waals surface area contributed by atoms with Crippen LogP contribution in [0.2, 0.25) is 0 Å². The third-order valence-electron chi connectivity index (χ3n) is 7.05. The molecule has 2 aromatic carbocycles. The number of halogens is 1. The predicted molar refractivity (Wildman–Crippen MR) is 134 cm³/mol. The number of piperidine rings is 1. The lowest BCUT2D eigenvalue weighted by Gasteiger charge is -2.30. The lowest BCUT2D eigenvalue weighted by molar-refractivity contribution is 0.0912. The van der Waals surface area contributed by atoms with Crippen LogP contribution in [0.15, 0.2) is 42.6 Å². The van der Waals surface area contributed by atoms with Gasteiger partial charge in [-0.2, -0.15) is 0 Å². The van der Waals surface area contributed by atoms with E-state index in [1.807, 2.05) is 40.9 Å². The van der Waals surface area contributed by atoms with Gasteiger partial charge < -0.3 is 15.5 Å². The van der Waals surface area contributed by atoms with Crippen LogP contribution in [-0.4, -0.2) is 52.9 Å². The Morgan fingerprint density at radius 2 is 2.12 bits per heavy atom. The molecule has 34 heavy (non-hydrogen) atoms. The molecule has 2 fully saturated rings. The molecule has 0 spiro atoms. The van der Waals surface area contributed by atoms with Crippen molar-refractivity contribution >= 4 is 32.4 Å². The third-order valence-corrected chi connectivity index (χ3v) is 8.07. The Kier molecular flexibility index (Phi) is 5.59. The van der Waals surface area contributed by atoms with E-state index in [0.717, 1.165) is 66.1 Å². The molecule has 2 saturated heterocycles. The minimum absolute atomic E-state index is 0.0344. The number of nitrogens with one attached hydrogen (secondary N) is 2. The molecule has 0 radical (unpaired) electrons. The van der Waals surface area contributed by atoms with E-state index in [1.165, 1.54) is 11.3 Å². The minimum Gasteiger partial charge on any atom is -0.348 e. The van der Waals surface area contributed by atoms with Crippen molar-refractivity contribution in [2.45, 2.75) is 37.8 Å². The van der Waals surface area contributed by atoms with Crippen molar-refractivity contribution in [1.29, 1.82) is 0 Å². The van der Waals surface area contributed by atoms with Gasteiger partial charge in [-0.1, -0.05) is 17.4 Å². The molecular weight excluding hydrogens is 449 g/mol. The summed E-state index contributed by atoms with van der Waals surface area (Å²) in [7, 11) is 2.09. The van der Waals surface area contributed by atoms with Crippen molar-refractivity contribution in [3.8, 4) is 11.3 Å². The number of carbonyl (C=O) groups is 1. The Bertz CT molecular complexity index is 1370. The van der Waals surface area contributed by atoms with E-state index in [-0.39, 0.29) is 23.8 Å². The smallest absolute Gasteiger partial charge is 0.251 e. The predicted octanol–water partition coefficient (Wildman–Crippen LogP) is 4.60. The summed E-state index contributed by atoms with van der Waals surface area (Å²) in [5, 5.41) is 6.59. The van der Waals surface area contributed by atoms with Crippen LogP contribution in [0.3, 0.4) is 0 Å². The van der Waals surface area contributed by atoms with E-state index >= 15 is 0 Å². The van der Waals surface area contributed by atoms with E-state index in [1.54, 1.807) is 6.07 Å². The number of thiazole rings is 1. The molecule has 0 aliphatic carbocycles. The van der Waals surface area contributed by atoms with Crippen molar-refractivity contribution < 1.29 is 9.18 Å². The second-order valence-corrected chi connectivity index (χ2v) is 10.5. The first-order chi connectivity index (χ1) is 16.5. The van der Waals surface area contributed by atoms with Gasteiger partial charge in [0.1, 0.15) is 5.82 Å². The first-order valence-corrected chi connectivity index (χ1v) is 12.8. The number of hydrogen-bond acceptors (Lipinski definition) is 5. The van der Waals surface area contributed by atoms with Crippen LogP contribution < -0.4 is 10.6 Å². The van der Waals surface area contributed by atoms with Crippen LogP contribution >= 0.6 is 11.3 Å². The normalized spacial score (nSPS) is 21.5. The molecule has 2 aliphatic rings. The van der Waals surface area contributed by atoms with Crippen LogP contribution in [-0.2, 0) is 0 Å². The van der Waals surface area contributed by atoms with Gasteiger partial charge in [-0.05, 0) is 81.7 Å². The zero-order valence-corrected chi connectivity index (χ0v) is 20.0. The summed E-state index contributed by atoms with van der Waals surface area (Å²) in [6.45, 7) is 2.96. The number of likely N-dealkylation sites (N-methyl/N-ethyl adjacent to an activating group) is 1. The van der Waals surface area contributed by atoms with Gasteiger partial charge in [-0.25, -0.2) is 9.37 Å². The Balaban J connectivity index is 1.25. The number of imidazole rings is 1. The average molecular weight is 478 g/mol. The highest BCUT2D eigenvalue weighted by Crippen LogP contribution is 2.32. The summed E-state index contributed by atoms with van der Waals surface area (Å²) in [6.07, 6.45) is 6.18. The maximum Gasteiger partial charge on any atom is 0.251 e. The number of rotatable bonds is 4. The monoisotopic (exact) mass is 477 g/mol. The Hall–Kier alpha value is -2.81. The van der Waals surface area contributed by atoms with E-state index in [9.17, 15) is 9.18 Å². The molecule has 6 rings (SSSR count). The van der Waals surface area contributed by atoms with Crippen molar-refractivity contribution in [2.75, 3.05) is 26.7 Å². The maximum atomic E-state index is 15.0. The molecule has 176 valence electrons. The van der Waals surface area contributed by atoms with E-state index < -0.39 is 0 Å². The summed E-state index contributed by atoms with van der Waals surface area (Å²) in [6, 6.07) is 11.7. The average Bonchev–Trinajstić information content (AvgIpc) is 3.55. The van der Waals surface area contributed by atoms with Crippen LogP contribution in [0.4, 0.5) is 4.39 Å². The Labute approximate surface area is 201 Å². The molecule has 6 nitrogen and oxygen atoms in total. The molecule has 8 heteroatoms. The molecular formula is C26H28FN5OS. The van der Waals surface area contributed by atoms with Gasteiger partial charge in [0.25, 0.3) is 5.91 Å². The van der Waals surface area contributed by atoms with Gasteiger partial charge >= 0.3 is 0 Å². The van der Waals surface area contributed by atoms with Gasteiger partial charge in [0.15, 0.2) is 4.96 Å². The molecule has 0 bridgehead atoms. The summed E-state index contributed by atoms with van der Waals surface area (Å²) in [5.74, 6) is -0.276. The number of fused-ring (bicyclic) bond motifs is 3. The van der Waals surface area contributed by atoms with Gasteiger partial charge in [0.05, 0.1) is 15.9 Å². The van der Waals surface area contributed by atoms with E-state index in [0.29, 0.717) is 16.8 Å². The molecule has 0 saturated carbocycles. The fraction of sp³-hybridized carbons (Fsp3) is 0.385. The van der Waals surface area contributed by atoms with Crippen molar-refractivity contribution in [3.63, 3.8) is 0 Å². The number of hydrogen-bond donors (Lipinski definition) is 2. The second-order valence-electron chi connectivity index (χ2n) is 9.53. The lowest BCUT2D eigenvalue weighted by atomic mass is 10.0. The lowest BCUT2D eigenvalue weighted by Crippen LogP contribution is -2.46. The molecule has 2 atom stereocenters. The highest BCUT2D eigenvalue weighted by Gasteiger charge is 2.21. The Morgan fingerprint density at radius 3 is 2.91 bits per heavy atom. The first kappa shape index (κ1) is 21.7. The molecule has 1 amide bonds. The van der Waals surface area contributed by atoms with E-state index in [4.69, 9.17) is 4.98 Å². The molecule has 2 aromatic heterocycles.